The molecule has 0 aromatic heterocycles. The summed E-state index contributed by atoms with van der Waals surface area (Å²) in [7, 11) is 1.75. The Kier molecular flexibility index (Phi) is 6.16. The lowest BCUT2D eigenvalue weighted by Crippen LogP contribution is -2.23. The van der Waals surface area contributed by atoms with Gasteiger partial charge in [0, 0.05) is 12.7 Å². The molecule has 0 N–H and O–H groups in total. The molecular weight excluding hydrogens is 282 g/mol. The fraction of sp³-hybridized carbons (Fsp3) is 0.286. The lowest BCUT2D eigenvalue weighted by atomic mass is 10.0. The predicted molar refractivity (Wildman–Crippen MR) is 98.7 cm³/mol. The van der Waals surface area contributed by atoms with Crippen molar-refractivity contribution in [3.05, 3.63) is 66.7 Å². The molecule has 23 heavy (non-hydrogen) atoms. The minimum Gasteiger partial charge on any atom is -0.312 e. The van der Waals surface area contributed by atoms with Gasteiger partial charge in [0.1, 0.15) is 0 Å². The second-order valence-corrected chi connectivity index (χ2v) is 5.80. The summed E-state index contributed by atoms with van der Waals surface area (Å²) in [5, 5.41) is 0. The summed E-state index contributed by atoms with van der Waals surface area (Å²) in [5.41, 5.74) is 4.63. The zero-order valence-corrected chi connectivity index (χ0v) is 14.1. The summed E-state index contributed by atoms with van der Waals surface area (Å²) in [6, 6.07) is 16.8. The summed E-state index contributed by atoms with van der Waals surface area (Å²) < 4.78 is 0. The molecule has 0 saturated carbocycles. The van der Waals surface area contributed by atoms with E-state index in [-0.39, 0.29) is 5.91 Å². The highest BCUT2D eigenvalue weighted by atomic mass is 16.2. The Morgan fingerprint density at radius 2 is 1.57 bits per heavy atom. The maximum absolute atomic E-state index is 11.6. The third-order valence-electron chi connectivity index (χ3n) is 4.12. The zero-order valence-electron chi connectivity index (χ0n) is 14.1. The van der Waals surface area contributed by atoms with Gasteiger partial charge in [-0.15, -0.1) is 0 Å². The molecule has 0 heterocycles. The van der Waals surface area contributed by atoms with Gasteiger partial charge in [-0.1, -0.05) is 62.7 Å². The van der Waals surface area contributed by atoms with Gasteiger partial charge < -0.3 is 4.90 Å². The number of anilines is 1. The largest absolute Gasteiger partial charge is 0.312 e. The van der Waals surface area contributed by atoms with Crippen LogP contribution in [0.25, 0.3) is 11.1 Å². The molecule has 2 aromatic carbocycles. The molecule has 0 aliphatic heterocycles. The van der Waals surface area contributed by atoms with Crippen LogP contribution in [-0.4, -0.2) is 13.0 Å². The van der Waals surface area contributed by atoms with Gasteiger partial charge in [-0.3, -0.25) is 4.79 Å². The van der Waals surface area contributed by atoms with Gasteiger partial charge in [-0.05, 0) is 47.7 Å². The van der Waals surface area contributed by atoms with E-state index >= 15 is 0 Å². The monoisotopic (exact) mass is 307 g/mol. The van der Waals surface area contributed by atoms with Gasteiger partial charge in [0.15, 0.2) is 0 Å². The van der Waals surface area contributed by atoms with Gasteiger partial charge in [0.2, 0.25) is 5.91 Å². The number of aryl methyl sites for hydroxylation is 1. The van der Waals surface area contributed by atoms with Gasteiger partial charge in [-0.25, -0.2) is 0 Å². The second-order valence-electron chi connectivity index (χ2n) is 5.80. The molecule has 2 heteroatoms. The molecule has 2 rings (SSSR count). The first kappa shape index (κ1) is 17.0. The van der Waals surface area contributed by atoms with Crippen LogP contribution in [0.4, 0.5) is 5.69 Å². The molecule has 0 spiro atoms. The van der Waals surface area contributed by atoms with E-state index in [4.69, 9.17) is 0 Å². The minimum absolute atomic E-state index is 0.103. The van der Waals surface area contributed by atoms with E-state index in [1.807, 2.05) is 24.3 Å². The van der Waals surface area contributed by atoms with Crippen molar-refractivity contribution in [2.75, 3.05) is 11.9 Å². The van der Waals surface area contributed by atoms with Gasteiger partial charge in [-0.2, -0.15) is 0 Å². The quantitative estimate of drug-likeness (QED) is 0.506. The van der Waals surface area contributed by atoms with Crippen LogP contribution in [0.2, 0.25) is 0 Å². The fourth-order valence-corrected chi connectivity index (χ4v) is 2.58. The van der Waals surface area contributed by atoms with Crippen LogP contribution < -0.4 is 4.90 Å². The maximum Gasteiger partial charge on any atom is 0.250 e. The number of amides is 1. The van der Waals surface area contributed by atoms with Crippen molar-refractivity contribution in [1.29, 1.82) is 0 Å². The number of carbonyl (C=O) groups is 1. The number of benzene rings is 2. The Hall–Kier alpha value is -2.35. The molecule has 0 fully saturated rings. The minimum atomic E-state index is -0.103. The summed E-state index contributed by atoms with van der Waals surface area (Å²) in [5.74, 6) is -0.103. The van der Waals surface area contributed by atoms with Gasteiger partial charge in [0.25, 0.3) is 0 Å². The van der Waals surface area contributed by atoms with E-state index in [0.717, 1.165) is 17.7 Å². The van der Waals surface area contributed by atoms with Crippen molar-refractivity contribution < 1.29 is 4.79 Å². The average molecular weight is 307 g/mol. The van der Waals surface area contributed by atoms with Crippen molar-refractivity contribution in [1.82, 2.24) is 0 Å². The number of hydrogen-bond acceptors (Lipinski definition) is 1. The van der Waals surface area contributed by atoms with Gasteiger partial charge in [0.05, 0.1) is 0 Å². The number of likely N-dealkylation sites (N-methyl/N-ethyl adjacent to an activating group) is 1. The molecule has 0 aliphatic rings. The molecule has 2 nitrogen and oxygen atoms in total. The highest BCUT2D eigenvalue weighted by Gasteiger charge is 2.07. The van der Waals surface area contributed by atoms with Gasteiger partial charge >= 0.3 is 0 Å². The third kappa shape index (κ3) is 4.56. The van der Waals surface area contributed by atoms with Crippen LogP contribution >= 0.6 is 0 Å². The summed E-state index contributed by atoms with van der Waals surface area (Å²) in [4.78, 5) is 13.2. The van der Waals surface area contributed by atoms with E-state index in [9.17, 15) is 4.79 Å². The first-order chi connectivity index (χ1) is 11.2. The Morgan fingerprint density at radius 1 is 1.00 bits per heavy atom. The highest BCUT2D eigenvalue weighted by Crippen LogP contribution is 2.23. The van der Waals surface area contributed by atoms with Crippen LogP contribution in [0.1, 0.15) is 31.7 Å². The van der Waals surface area contributed by atoms with Crippen molar-refractivity contribution in [2.24, 2.45) is 0 Å². The predicted octanol–water partition coefficient (Wildman–Crippen LogP) is 5.24. The molecule has 0 saturated heterocycles. The second kappa shape index (κ2) is 8.33. The molecule has 0 radical (unpaired) electrons. The van der Waals surface area contributed by atoms with E-state index in [1.165, 1.54) is 36.5 Å². The molecule has 120 valence electrons. The number of rotatable bonds is 7. The topological polar surface area (TPSA) is 20.3 Å². The molecule has 0 unspecified atom stereocenters. The van der Waals surface area contributed by atoms with E-state index in [1.54, 1.807) is 11.9 Å². The number of hydrogen-bond donors (Lipinski definition) is 0. The van der Waals surface area contributed by atoms with Crippen LogP contribution in [-0.2, 0) is 11.2 Å². The van der Waals surface area contributed by atoms with Crippen LogP contribution in [0.15, 0.2) is 61.2 Å². The molecular formula is C21H25NO. The number of unbranched alkanes of at least 4 members (excludes halogenated alkanes) is 2. The summed E-state index contributed by atoms with van der Waals surface area (Å²) in [6.45, 7) is 5.74. The Balaban J connectivity index is 2.07. The third-order valence-corrected chi connectivity index (χ3v) is 4.12. The molecule has 1 amide bonds. The first-order valence-corrected chi connectivity index (χ1v) is 8.25. The van der Waals surface area contributed by atoms with Crippen LogP contribution in [0.5, 0.6) is 0 Å². The Labute approximate surface area is 139 Å². The molecule has 0 bridgehead atoms. The van der Waals surface area contributed by atoms with Crippen molar-refractivity contribution >= 4 is 11.6 Å². The molecule has 2 aromatic rings. The normalized spacial score (nSPS) is 10.3. The Morgan fingerprint density at radius 3 is 2.09 bits per heavy atom. The smallest absolute Gasteiger partial charge is 0.250 e. The summed E-state index contributed by atoms with van der Waals surface area (Å²) >= 11 is 0. The van der Waals surface area contributed by atoms with Crippen molar-refractivity contribution in [3.63, 3.8) is 0 Å². The van der Waals surface area contributed by atoms with Crippen LogP contribution in [0, 0.1) is 0 Å². The van der Waals surface area contributed by atoms with Crippen molar-refractivity contribution in [3.8, 4) is 11.1 Å². The first-order valence-electron chi connectivity index (χ1n) is 8.25. The van der Waals surface area contributed by atoms with E-state index in [0.29, 0.717) is 0 Å². The van der Waals surface area contributed by atoms with Crippen molar-refractivity contribution in [2.45, 2.75) is 32.6 Å². The molecule has 0 atom stereocenters. The van der Waals surface area contributed by atoms with E-state index < -0.39 is 0 Å². The molecule has 0 aliphatic carbocycles. The average Bonchev–Trinajstić information content (AvgIpc) is 2.61. The maximum atomic E-state index is 11.6. The standard InChI is InChI=1S/C21H25NO/c1-4-6-7-8-17-9-11-18(12-10-17)19-13-15-20(16-14-19)22(3)21(23)5-2/h5,9-16H,2,4,6-8H2,1,3H3. The lowest BCUT2D eigenvalue weighted by molar-refractivity contribution is -0.113. The fourth-order valence-electron chi connectivity index (χ4n) is 2.58. The number of carbonyl (C=O) groups excluding carboxylic acids is 1. The van der Waals surface area contributed by atoms with Crippen LogP contribution in [0.3, 0.4) is 0 Å². The number of nitrogens with zero attached hydrogens (tertiary/aromatic N) is 1. The zero-order chi connectivity index (χ0) is 16.7. The lowest BCUT2D eigenvalue weighted by Gasteiger charge is -2.15. The SMILES string of the molecule is C=CC(=O)N(C)c1ccc(-c2ccc(CCCCC)cc2)cc1. The Bertz CT molecular complexity index is 641. The highest BCUT2D eigenvalue weighted by molar-refractivity contribution is 6.00. The van der Waals surface area contributed by atoms with E-state index in [2.05, 4.69) is 37.8 Å². The summed E-state index contributed by atoms with van der Waals surface area (Å²) in [6.07, 6.45) is 6.29.